The van der Waals surface area contributed by atoms with Crippen molar-refractivity contribution in [2.24, 2.45) is 15.2 Å². The van der Waals surface area contributed by atoms with Gasteiger partial charge in [0.25, 0.3) is 0 Å². The maximum Gasteiger partial charge on any atom is 0.247 e. The first-order valence-electron chi connectivity index (χ1n) is 11.1. The fourth-order valence-electron chi connectivity index (χ4n) is 5.00. The van der Waals surface area contributed by atoms with Crippen molar-refractivity contribution in [2.45, 2.75) is 37.6 Å². The number of guanidine groups is 1. The van der Waals surface area contributed by atoms with E-state index in [4.69, 9.17) is 4.98 Å². The Balaban J connectivity index is 1.25. The molecule has 31 heavy (non-hydrogen) atoms. The molecule has 10 nitrogen and oxygen atoms in total. The Morgan fingerprint density at radius 3 is 2.65 bits per heavy atom. The number of azo groups is 1. The molecule has 0 aromatic carbocycles. The van der Waals surface area contributed by atoms with Gasteiger partial charge in [-0.05, 0) is 25.0 Å². The van der Waals surface area contributed by atoms with Gasteiger partial charge in [0.05, 0.1) is 30.2 Å². The van der Waals surface area contributed by atoms with Crippen LogP contribution < -0.4 is 20.4 Å². The van der Waals surface area contributed by atoms with E-state index >= 15 is 0 Å². The highest BCUT2D eigenvalue weighted by molar-refractivity contribution is 6.02. The van der Waals surface area contributed by atoms with E-state index in [-0.39, 0.29) is 5.54 Å². The highest BCUT2D eigenvalue weighted by Crippen LogP contribution is 2.45. The average molecular weight is 419 g/mol. The molecule has 0 unspecified atom stereocenters. The molecule has 10 heteroatoms. The zero-order chi connectivity index (χ0) is 20.7. The molecule has 3 aliphatic heterocycles. The standard InChI is InChI=1S/C21H26N10/c1-2-6-21(7-3-1)14-25-20-29-28-16-13-24-19(27-18(16)31(20)21)26-17-5-4-15(12-23-17)30-10-8-22-9-11-30/h4-5,12-13,22H,1-3,6-11,14H2,(H,23,24,26,27). The Labute approximate surface area is 180 Å². The van der Waals surface area contributed by atoms with Gasteiger partial charge in [0.15, 0.2) is 5.82 Å². The molecule has 1 aliphatic carbocycles. The number of pyridine rings is 1. The van der Waals surface area contributed by atoms with Gasteiger partial charge in [-0.15, -0.1) is 10.2 Å². The zero-order valence-electron chi connectivity index (χ0n) is 17.5. The number of fused-ring (bicyclic) bond motifs is 4. The van der Waals surface area contributed by atoms with Gasteiger partial charge in [-0.25, -0.2) is 15.0 Å². The summed E-state index contributed by atoms with van der Waals surface area (Å²) in [5, 5.41) is 15.3. The third-order valence-corrected chi connectivity index (χ3v) is 6.65. The lowest BCUT2D eigenvalue weighted by atomic mass is 9.81. The van der Waals surface area contributed by atoms with Crippen LogP contribution in [-0.4, -0.2) is 59.2 Å². The third kappa shape index (κ3) is 3.31. The maximum absolute atomic E-state index is 4.82. The highest BCUT2D eigenvalue weighted by Gasteiger charge is 2.47. The molecule has 0 amide bonds. The quantitative estimate of drug-likeness (QED) is 0.789. The Bertz CT molecular complexity index is 1020. The number of anilines is 4. The van der Waals surface area contributed by atoms with Crippen molar-refractivity contribution in [3.8, 4) is 0 Å². The van der Waals surface area contributed by atoms with Gasteiger partial charge in [-0.2, -0.15) is 4.98 Å². The summed E-state index contributed by atoms with van der Waals surface area (Å²) < 4.78 is 0. The normalized spacial score (nSPS) is 21.6. The smallest absolute Gasteiger partial charge is 0.247 e. The fraction of sp³-hybridized carbons (Fsp3) is 0.524. The first-order chi connectivity index (χ1) is 15.3. The Kier molecular flexibility index (Phi) is 4.52. The molecule has 1 saturated heterocycles. The minimum absolute atomic E-state index is 0.0173. The van der Waals surface area contributed by atoms with Crippen molar-refractivity contribution < 1.29 is 0 Å². The summed E-state index contributed by atoms with van der Waals surface area (Å²) >= 11 is 0. The Morgan fingerprint density at radius 2 is 1.84 bits per heavy atom. The van der Waals surface area contributed by atoms with E-state index < -0.39 is 0 Å². The third-order valence-electron chi connectivity index (χ3n) is 6.65. The molecular formula is C21H26N10. The van der Waals surface area contributed by atoms with Gasteiger partial charge in [-0.3, -0.25) is 4.90 Å². The molecule has 0 bridgehead atoms. The summed E-state index contributed by atoms with van der Waals surface area (Å²) in [6.07, 6.45) is 9.56. The van der Waals surface area contributed by atoms with Crippen LogP contribution in [0.4, 0.5) is 29.0 Å². The largest absolute Gasteiger partial charge is 0.368 e. The predicted molar refractivity (Wildman–Crippen MR) is 120 cm³/mol. The SMILES string of the molecule is c1cc(Nc2ncc3c(n2)N2C(=NCC24CCCCC4)N=N3)ncc1N1CCNCC1. The summed E-state index contributed by atoms with van der Waals surface area (Å²) in [6, 6.07) is 4.07. The summed E-state index contributed by atoms with van der Waals surface area (Å²) in [6.45, 7) is 4.77. The Morgan fingerprint density at radius 1 is 0.968 bits per heavy atom. The molecule has 1 saturated carbocycles. The van der Waals surface area contributed by atoms with Crippen molar-refractivity contribution in [1.82, 2.24) is 20.3 Å². The van der Waals surface area contributed by atoms with Crippen LogP contribution in [-0.2, 0) is 0 Å². The Hall–Kier alpha value is -3.14. The number of hydrogen-bond acceptors (Lipinski definition) is 10. The number of nitrogens with one attached hydrogen (secondary N) is 2. The molecule has 6 rings (SSSR count). The monoisotopic (exact) mass is 418 g/mol. The number of nitrogens with zero attached hydrogens (tertiary/aromatic N) is 8. The van der Waals surface area contributed by atoms with Crippen molar-refractivity contribution in [1.29, 1.82) is 0 Å². The van der Waals surface area contributed by atoms with Gasteiger partial charge < -0.3 is 15.5 Å². The van der Waals surface area contributed by atoms with Gasteiger partial charge >= 0.3 is 0 Å². The second-order valence-electron chi connectivity index (χ2n) is 8.60. The molecule has 5 heterocycles. The topological polar surface area (TPSA) is 106 Å². The summed E-state index contributed by atoms with van der Waals surface area (Å²) in [5.74, 6) is 2.70. The molecule has 0 radical (unpaired) electrons. The van der Waals surface area contributed by atoms with E-state index in [0.717, 1.165) is 62.9 Å². The molecule has 2 aromatic rings. The average Bonchev–Trinajstić information content (AvgIpc) is 3.19. The number of aliphatic imine (C=N–C) groups is 1. The lowest BCUT2D eigenvalue weighted by molar-refractivity contribution is 0.316. The summed E-state index contributed by atoms with van der Waals surface area (Å²) in [7, 11) is 0. The molecule has 160 valence electrons. The lowest BCUT2D eigenvalue weighted by Crippen LogP contribution is -2.51. The van der Waals surface area contributed by atoms with Crippen molar-refractivity contribution >= 4 is 34.9 Å². The molecule has 1 spiro atoms. The predicted octanol–water partition coefficient (Wildman–Crippen LogP) is 3.00. The molecule has 2 N–H and O–H groups in total. The first-order valence-corrected chi connectivity index (χ1v) is 11.1. The molecule has 2 fully saturated rings. The van der Waals surface area contributed by atoms with E-state index in [1.807, 2.05) is 12.3 Å². The van der Waals surface area contributed by atoms with E-state index in [1.54, 1.807) is 6.20 Å². The number of hydrogen-bond donors (Lipinski definition) is 2. The molecular weight excluding hydrogens is 392 g/mol. The lowest BCUT2D eigenvalue weighted by Gasteiger charge is -2.42. The van der Waals surface area contributed by atoms with Crippen LogP contribution in [0.2, 0.25) is 0 Å². The van der Waals surface area contributed by atoms with E-state index in [0.29, 0.717) is 17.6 Å². The highest BCUT2D eigenvalue weighted by atomic mass is 15.5. The van der Waals surface area contributed by atoms with Crippen LogP contribution in [0.1, 0.15) is 32.1 Å². The number of rotatable bonds is 3. The van der Waals surface area contributed by atoms with Crippen LogP contribution in [0.5, 0.6) is 0 Å². The van der Waals surface area contributed by atoms with Gasteiger partial charge in [0.2, 0.25) is 11.9 Å². The van der Waals surface area contributed by atoms with Crippen LogP contribution in [0.25, 0.3) is 0 Å². The summed E-state index contributed by atoms with van der Waals surface area (Å²) in [5.41, 5.74) is 1.81. The second-order valence-corrected chi connectivity index (χ2v) is 8.60. The van der Waals surface area contributed by atoms with E-state index in [2.05, 4.69) is 51.7 Å². The van der Waals surface area contributed by atoms with Gasteiger partial charge in [0.1, 0.15) is 11.5 Å². The second kappa shape index (κ2) is 7.52. The van der Waals surface area contributed by atoms with Crippen molar-refractivity contribution in [2.75, 3.05) is 47.8 Å². The zero-order valence-corrected chi connectivity index (χ0v) is 17.5. The summed E-state index contributed by atoms with van der Waals surface area (Å²) in [4.78, 5) is 23.1. The van der Waals surface area contributed by atoms with E-state index in [1.165, 1.54) is 19.3 Å². The number of aromatic nitrogens is 3. The minimum Gasteiger partial charge on any atom is -0.368 e. The van der Waals surface area contributed by atoms with Gasteiger partial charge in [0, 0.05) is 26.2 Å². The van der Waals surface area contributed by atoms with Gasteiger partial charge in [-0.1, -0.05) is 19.3 Å². The van der Waals surface area contributed by atoms with E-state index in [9.17, 15) is 0 Å². The van der Waals surface area contributed by atoms with Crippen LogP contribution >= 0.6 is 0 Å². The fourth-order valence-corrected chi connectivity index (χ4v) is 5.00. The molecule has 4 aliphatic rings. The number of piperazine rings is 1. The maximum atomic E-state index is 4.82. The van der Waals surface area contributed by atoms with Crippen molar-refractivity contribution in [3.05, 3.63) is 24.5 Å². The first kappa shape index (κ1) is 18.6. The van der Waals surface area contributed by atoms with Crippen LogP contribution in [0, 0.1) is 0 Å². The van der Waals surface area contributed by atoms with Crippen LogP contribution in [0.15, 0.2) is 39.7 Å². The minimum atomic E-state index is -0.0173. The van der Waals surface area contributed by atoms with Crippen LogP contribution in [0.3, 0.4) is 0 Å². The van der Waals surface area contributed by atoms with Crippen molar-refractivity contribution in [3.63, 3.8) is 0 Å². The molecule has 0 atom stereocenters. The molecule has 2 aromatic heterocycles.